The molecule has 0 unspecified atom stereocenters. The first-order valence-corrected chi connectivity index (χ1v) is 10.4. The van der Waals surface area contributed by atoms with Crippen molar-refractivity contribution in [3.05, 3.63) is 84.2 Å². The van der Waals surface area contributed by atoms with Gasteiger partial charge in [0.05, 0.1) is 13.2 Å². The zero-order chi connectivity index (χ0) is 20.8. The number of aromatic nitrogens is 1. The van der Waals surface area contributed by atoms with Gasteiger partial charge in [-0.2, -0.15) is 0 Å². The smallest absolute Gasteiger partial charge is 0.251 e. The molecular formula is C25H27N3O2. The van der Waals surface area contributed by atoms with Gasteiger partial charge in [-0.15, -0.1) is 0 Å². The molecule has 1 aliphatic rings. The molecule has 0 saturated carbocycles. The number of carbonyl (C=O) groups excluding carboxylic acids is 1. The van der Waals surface area contributed by atoms with Crippen LogP contribution in [0.25, 0.3) is 11.1 Å². The Morgan fingerprint density at radius 2 is 1.73 bits per heavy atom. The summed E-state index contributed by atoms with van der Waals surface area (Å²) in [6, 6.07) is 19.5. The monoisotopic (exact) mass is 401 g/mol. The van der Waals surface area contributed by atoms with Crippen LogP contribution in [0.1, 0.15) is 34.8 Å². The number of likely N-dealkylation sites (tertiary alicyclic amines) is 1. The molecule has 0 spiro atoms. The molecule has 5 heteroatoms. The van der Waals surface area contributed by atoms with E-state index in [2.05, 4.69) is 21.3 Å². The van der Waals surface area contributed by atoms with E-state index in [1.54, 1.807) is 19.5 Å². The number of hydrogen-bond donors (Lipinski definition) is 1. The third-order valence-electron chi connectivity index (χ3n) is 5.60. The van der Waals surface area contributed by atoms with E-state index in [4.69, 9.17) is 4.74 Å². The van der Waals surface area contributed by atoms with Gasteiger partial charge < -0.3 is 15.0 Å². The van der Waals surface area contributed by atoms with Gasteiger partial charge >= 0.3 is 0 Å². The van der Waals surface area contributed by atoms with E-state index < -0.39 is 0 Å². The van der Waals surface area contributed by atoms with Crippen molar-refractivity contribution in [3.8, 4) is 16.9 Å². The number of ether oxygens (including phenoxy) is 1. The van der Waals surface area contributed by atoms with Crippen molar-refractivity contribution in [2.24, 2.45) is 0 Å². The number of carbonyl (C=O) groups is 1. The molecular weight excluding hydrogens is 374 g/mol. The molecule has 1 fully saturated rings. The summed E-state index contributed by atoms with van der Waals surface area (Å²) in [4.78, 5) is 19.5. The number of benzene rings is 2. The lowest BCUT2D eigenvalue weighted by Crippen LogP contribution is -2.37. The fraction of sp³-hybridized carbons (Fsp3) is 0.280. The Labute approximate surface area is 177 Å². The van der Waals surface area contributed by atoms with E-state index in [1.807, 2.05) is 54.6 Å². The molecule has 5 nitrogen and oxygen atoms in total. The lowest BCUT2D eigenvalue weighted by molar-refractivity contribution is 0.0927. The maximum Gasteiger partial charge on any atom is 0.251 e. The summed E-state index contributed by atoms with van der Waals surface area (Å²) in [6.07, 6.45) is 5.98. The van der Waals surface area contributed by atoms with Gasteiger partial charge in [-0.25, -0.2) is 0 Å². The van der Waals surface area contributed by atoms with Crippen LogP contribution in [0, 0.1) is 0 Å². The predicted molar refractivity (Wildman–Crippen MR) is 119 cm³/mol. The standard InChI is InChI=1S/C25H27N3O2/c1-30-23-6-4-5-22(17-23)24(18-28-15-2-3-16-28)27-25(29)21-9-7-19(8-10-21)20-11-13-26-14-12-20/h4-14,17,24H,2-3,15-16,18H2,1H3,(H,27,29)/t24-/m1/s1. The molecule has 1 atom stereocenters. The number of methoxy groups -OCH3 is 1. The van der Waals surface area contributed by atoms with Gasteiger partial charge in [0.15, 0.2) is 0 Å². The Morgan fingerprint density at radius 1 is 1.03 bits per heavy atom. The molecule has 1 aliphatic heterocycles. The molecule has 0 aliphatic carbocycles. The highest BCUT2D eigenvalue weighted by Gasteiger charge is 2.21. The van der Waals surface area contributed by atoms with E-state index in [0.717, 1.165) is 42.1 Å². The fourth-order valence-corrected chi connectivity index (χ4v) is 3.92. The zero-order valence-corrected chi connectivity index (χ0v) is 17.3. The second-order valence-electron chi connectivity index (χ2n) is 7.62. The van der Waals surface area contributed by atoms with E-state index in [-0.39, 0.29) is 11.9 Å². The second kappa shape index (κ2) is 9.55. The van der Waals surface area contributed by atoms with Crippen molar-refractivity contribution in [3.63, 3.8) is 0 Å². The highest BCUT2D eigenvalue weighted by Crippen LogP contribution is 2.23. The van der Waals surface area contributed by atoms with E-state index in [0.29, 0.717) is 5.56 Å². The molecule has 1 N–H and O–H groups in total. The second-order valence-corrected chi connectivity index (χ2v) is 7.62. The van der Waals surface area contributed by atoms with Crippen LogP contribution in [0.5, 0.6) is 5.75 Å². The normalized spacial score (nSPS) is 15.0. The van der Waals surface area contributed by atoms with Gasteiger partial charge in [-0.05, 0) is 79.0 Å². The van der Waals surface area contributed by atoms with E-state index in [9.17, 15) is 4.79 Å². The summed E-state index contributed by atoms with van der Waals surface area (Å²) in [5.74, 6) is 0.734. The maximum absolute atomic E-state index is 13.0. The van der Waals surface area contributed by atoms with E-state index in [1.165, 1.54) is 12.8 Å². The molecule has 30 heavy (non-hydrogen) atoms. The van der Waals surface area contributed by atoms with Gasteiger partial charge in [-0.3, -0.25) is 9.78 Å². The topological polar surface area (TPSA) is 54.5 Å². The van der Waals surface area contributed by atoms with Crippen LogP contribution in [-0.2, 0) is 0 Å². The number of amides is 1. The van der Waals surface area contributed by atoms with Crippen LogP contribution in [0.3, 0.4) is 0 Å². The van der Waals surface area contributed by atoms with Crippen molar-refractivity contribution in [2.75, 3.05) is 26.7 Å². The molecule has 3 aromatic rings. The highest BCUT2D eigenvalue weighted by molar-refractivity contribution is 5.95. The van der Waals surface area contributed by atoms with Crippen molar-refractivity contribution < 1.29 is 9.53 Å². The van der Waals surface area contributed by atoms with Crippen LogP contribution in [0.4, 0.5) is 0 Å². The molecule has 154 valence electrons. The Kier molecular flexibility index (Phi) is 6.40. The van der Waals surface area contributed by atoms with Crippen molar-refractivity contribution in [1.29, 1.82) is 0 Å². The minimum absolute atomic E-state index is 0.0664. The first-order chi connectivity index (χ1) is 14.7. The third-order valence-corrected chi connectivity index (χ3v) is 5.60. The Balaban J connectivity index is 1.51. The quantitative estimate of drug-likeness (QED) is 0.640. The average Bonchev–Trinajstić information content (AvgIpc) is 3.32. The van der Waals surface area contributed by atoms with Gasteiger partial charge in [-0.1, -0.05) is 24.3 Å². The summed E-state index contributed by atoms with van der Waals surface area (Å²) in [5, 5.41) is 3.24. The first-order valence-electron chi connectivity index (χ1n) is 10.4. The minimum Gasteiger partial charge on any atom is -0.497 e. The Hall–Kier alpha value is -3.18. The molecule has 2 aromatic carbocycles. The van der Waals surface area contributed by atoms with Crippen LogP contribution >= 0.6 is 0 Å². The predicted octanol–water partition coefficient (Wildman–Crippen LogP) is 4.32. The summed E-state index contributed by atoms with van der Waals surface area (Å²) >= 11 is 0. The average molecular weight is 402 g/mol. The highest BCUT2D eigenvalue weighted by atomic mass is 16.5. The number of pyridine rings is 1. The molecule has 4 rings (SSSR count). The van der Waals surface area contributed by atoms with Crippen molar-refractivity contribution >= 4 is 5.91 Å². The van der Waals surface area contributed by atoms with Gasteiger partial charge in [0, 0.05) is 24.5 Å². The number of rotatable bonds is 7. The summed E-state index contributed by atoms with van der Waals surface area (Å²) < 4.78 is 5.39. The van der Waals surface area contributed by atoms with Crippen molar-refractivity contribution in [2.45, 2.75) is 18.9 Å². The molecule has 1 aromatic heterocycles. The van der Waals surface area contributed by atoms with Gasteiger partial charge in [0.1, 0.15) is 5.75 Å². The summed E-state index contributed by atoms with van der Waals surface area (Å²) in [5.41, 5.74) is 3.86. The lowest BCUT2D eigenvalue weighted by Gasteiger charge is -2.25. The molecule has 2 heterocycles. The maximum atomic E-state index is 13.0. The Bertz CT molecular complexity index is 967. The van der Waals surface area contributed by atoms with Crippen molar-refractivity contribution in [1.82, 2.24) is 15.2 Å². The summed E-state index contributed by atoms with van der Waals surface area (Å²) in [6.45, 7) is 2.96. The zero-order valence-electron chi connectivity index (χ0n) is 17.3. The van der Waals surface area contributed by atoms with Gasteiger partial charge in [0.2, 0.25) is 0 Å². The third kappa shape index (κ3) is 4.86. The lowest BCUT2D eigenvalue weighted by atomic mass is 10.0. The Morgan fingerprint density at radius 3 is 2.43 bits per heavy atom. The molecule has 1 amide bonds. The summed E-state index contributed by atoms with van der Waals surface area (Å²) in [7, 11) is 1.66. The largest absolute Gasteiger partial charge is 0.497 e. The van der Waals surface area contributed by atoms with Gasteiger partial charge in [0.25, 0.3) is 5.91 Å². The molecule has 1 saturated heterocycles. The van der Waals surface area contributed by atoms with E-state index >= 15 is 0 Å². The molecule has 0 bridgehead atoms. The number of nitrogens with zero attached hydrogens (tertiary/aromatic N) is 2. The SMILES string of the molecule is COc1cccc([C@@H](CN2CCCC2)NC(=O)c2ccc(-c3ccncc3)cc2)c1. The number of nitrogens with one attached hydrogen (secondary N) is 1. The fourth-order valence-electron chi connectivity index (χ4n) is 3.92. The van der Waals surface area contributed by atoms with Crippen LogP contribution < -0.4 is 10.1 Å². The van der Waals surface area contributed by atoms with Crippen LogP contribution in [0.2, 0.25) is 0 Å². The molecule has 0 radical (unpaired) electrons. The van der Waals surface area contributed by atoms with Crippen LogP contribution in [0.15, 0.2) is 73.1 Å². The van der Waals surface area contributed by atoms with Crippen LogP contribution in [-0.4, -0.2) is 42.5 Å². The first kappa shape index (κ1) is 20.1. The number of hydrogen-bond acceptors (Lipinski definition) is 4. The minimum atomic E-state index is -0.0921.